The fraction of sp³-hybridized carbons (Fsp3) is 0.643. The molecule has 15 nitrogen and oxygen atoms in total. The molecule has 16 heteroatoms. The number of hydrogen-bond acceptors (Lipinski definition) is 12. The van der Waals surface area contributed by atoms with Crippen LogP contribution in [0.25, 0.3) is 0 Å². The van der Waals surface area contributed by atoms with Gasteiger partial charge in [0.2, 0.25) is 17.7 Å². The number of carbonyl (C=O) groups excluding carboxylic acids is 6. The van der Waals surface area contributed by atoms with E-state index in [0.29, 0.717) is 30.7 Å². The molecule has 0 aliphatic carbocycles. The predicted molar refractivity (Wildman–Crippen MR) is 220 cm³/mol. The number of phenols is 1. The zero-order valence-corrected chi connectivity index (χ0v) is 36.1. The number of carbonyl (C=O) groups is 6. The second kappa shape index (κ2) is 23.1. The Labute approximate surface area is 346 Å². The summed E-state index contributed by atoms with van der Waals surface area (Å²) >= 11 is 1.12. The van der Waals surface area contributed by atoms with Crippen LogP contribution in [0.3, 0.4) is 0 Å². The Morgan fingerprint density at radius 3 is 2.31 bits per heavy atom. The number of esters is 2. The van der Waals surface area contributed by atoms with Crippen LogP contribution in [0.4, 0.5) is 0 Å². The highest BCUT2D eigenvalue weighted by Gasteiger charge is 2.39. The molecule has 1 aromatic heterocycles. The van der Waals surface area contributed by atoms with Gasteiger partial charge in [-0.3, -0.25) is 33.7 Å². The Hall–Kier alpha value is -4.57. The Morgan fingerprint density at radius 1 is 1.03 bits per heavy atom. The van der Waals surface area contributed by atoms with E-state index < -0.39 is 59.8 Å². The van der Waals surface area contributed by atoms with Crippen LogP contribution in [0.5, 0.6) is 5.75 Å². The van der Waals surface area contributed by atoms with Crippen molar-refractivity contribution in [3.05, 3.63) is 45.9 Å². The molecule has 5 N–H and O–H groups in total. The molecule has 2 heterocycles. The lowest BCUT2D eigenvalue weighted by atomic mass is 9.92. The molecule has 1 unspecified atom stereocenters. The van der Waals surface area contributed by atoms with Crippen molar-refractivity contribution in [3.63, 3.8) is 0 Å². The van der Waals surface area contributed by atoms with Crippen LogP contribution in [0, 0.1) is 17.8 Å². The largest absolute Gasteiger partial charge is 0.508 e. The number of nitrogens with two attached hydrogens (primary N) is 1. The smallest absolute Gasteiger partial charge is 0.307 e. The van der Waals surface area contributed by atoms with E-state index in [0.717, 1.165) is 36.3 Å². The van der Waals surface area contributed by atoms with E-state index in [1.807, 2.05) is 46.6 Å². The lowest BCUT2D eigenvalue weighted by Crippen LogP contribution is -2.59. The number of hydrogen-bond donors (Lipinski definition) is 4. The molecule has 0 spiro atoms. The van der Waals surface area contributed by atoms with E-state index in [9.17, 15) is 33.9 Å². The number of amides is 4. The number of primary amides is 1. The topological polar surface area (TPSA) is 211 Å². The number of thiazole rings is 1. The predicted octanol–water partition coefficient (Wildman–Crippen LogP) is 4.86. The summed E-state index contributed by atoms with van der Waals surface area (Å²) in [5.41, 5.74) is 6.44. The standard InChI is InChI=1S/C42H64N6O9S/c1-9-13-36(51)56-24-48(42(55)37(26(5)10-2)46-40(54)33-14-11-12-19-47(33)8)34(25(3)4)22-35(57-28(7)49)41-45-32(23-58-41)39(53)44-30(20-27(6)38(43)52)21-29-15-17-31(50)18-16-29/h15-18,23,25-27,30,33-35,37,50H,9-14,19-22,24H2,1-8H3,(H2,43,52)(H,44,53)(H,46,54)/t26-,27-,30+,33+,34+,35+,37?/m0/s1. The van der Waals surface area contributed by atoms with Gasteiger partial charge in [0, 0.05) is 43.1 Å². The van der Waals surface area contributed by atoms with Crippen LogP contribution in [0.1, 0.15) is 127 Å². The maximum atomic E-state index is 14.8. The molecule has 1 fully saturated rings. The number of likely N-dealkylation sites (tertiary alicyclic amines) is 1. The number of nitrogens with one attached hydrogen (secondary N) is 2. The summed E-state index contributed by atoms with van der Waals surface area (Å²) in [7, 11) is 1.90. The Kier molecular flexibility index (Phi) is 19.1. The first-order valence-electron chi connectivity index (χ1n) is 20.4. The van der Waals surface area contributed by atoms with Crippen LogP contribution < -0.4 is 16.4 Å². The number of piperidine rings is 1. The van der Waals surface area contributed by atoms with Crippen molar-refractivity contribution in [2.75, 3.05) is 20.3 Å². The fourth-order valence-corrected chi connectivity index (χ4v) is 7.93. The zero-order valence-electron chi connectivity index (χ0n) is 35.3. The lowest BCUT2D eigenvalue weighted by molar-refractivity contribution is -0.160. The van der Waals surface area contributed by atoms with Crippen LogP contribution in [-0.4, -0.2) is 99.9 Å². The number of nitrogens with zero attached hydrogens (tertiary/aromatic N) is 3. The molecule has 322 valence electrons. The second-order valence-electron chi connectivity index (χ2n) is 15.9. The summed E-state index contributed by atoms with van der Waals surface area (Å²) in [6, 6.07) is 4.07. The molecule has 0 radical (unpaired) electrons. The molecule has 1 aliphatic rings. The van der Waals surface area contributed by atoms with E-state index in [4.69, 9.17) is 15.2 Å². The van der Waals surface area contributed by atoms with Crippen LogP contribution >= 0.6 is 11.3 Å². The molecule has 0 saturated carbocycles. The van der Waals surface area contributed by atoms with Crippen molar-refractivity contribution >= 4 is 46.9 Å². The van der Waals surface area contributed by atoms with Gasteiger partial charge in [-0.2, -0.15) is 0 Å². The average molecular weight is 829 g/mol. The van der Waals surface area contributed by atoms with Crippen molar-refractivity contribution in [2.24, 2.45) is 23.5 Å². The third kappa shape index (κ3) is 14.4. The van der Waals surface area contributed by atoms with Gasteiger partial charge in [-0.05, 0) is 75.2 Å². The Bertz CT molecular complexity index is 1680. The summed E-state index contributed by atoms with van der Waals surface area (Å²) in [6.45, 7) is 12.8. The van der Waals surface area contributed by atoms with Crippen LogP contribution in [0.15, 0.2) is 29.6 Å². The average Bonchev–Trinajstić information content (AvgIpc) is 3.67. The third-order valence-corrected chi connectivity index (χ3v) is 11.7. The second-order valence-corrected chi connectivity index (χ2v) is 16.8. The summed E-state index contributed by atoms with van der Waals surface area (Å²) < 4.78 is 11.5. The molecule has 2 aromatic rings. The highest BCUT2D eigenvalue weighted by Crippen LogP contribution is 2.32. The lowest BCUT2D eigenvalue weighted by Gasteiger charge is -2.39. The Balaban J connectivity index is 1.95. The molecule has 0 bridgehead atoms. The first kappa shape index (κ1) is 47.8. The van der Waals surface area contributed by atoms with Gasteiger partial charge in [0.15, 0.2) is 12.8 Å². The molecular weight excluding hydrogens is 765 g/mol. The molecule has 4 amide bonds. The number of benzene rings is 1. The van der Waals surface area contributed by atoms with Crippen LogP contribution in [-0.2, 0) is 39.9 Å². The number of likely N-dealkylation sites (N-methyl/N-ethyl adjacent to an activating group) is 1. The maximum absolute atomic E-state index is 14.8. The first-order chi connectivity index (χ1) is 27.4. The van der Waals surface area contributed by atoms with Gasteiger partial charge in [-0.15, -0.1) is 11.3 Å². The van der Waals surface area contributed by atoms with Gasteiger partial charge in [0.1, 0.15) is 22.5 Å². The van der Waals surface area contributed by atoms with Crippen LogP contribution in [0.2, 0.25) is 0 Å². The van der Waals surface area contributed by atoms with E-state index in [1.165, 1.54) is 11.8 Å². The number of aromatic nitrogens is 1. The van der Waals surface area contributed by atoms with Crippen molar-refractivity contribution in [3.8, 4) is 5.75 Å². The first-order valence-corrected chi connectivity index (χ1v) is 21.3. The monoisotopic (exact) mass is 828 g/mol. The molecule has 1 saturated heterocycles. The number of aromatic hydroxyl groups is 1. The minimum Gasteiger partial charge on any atom is -0.508 e. The van der Waals surface area contributed by atoms with Gasteiger partial charge in [0.05, 0.1) is 6.04 Å². The SMILES string of the molecule is CCCC(=O)OCN(C(=O)C(NC(=O)[C@H]1CCCCN1C)[C@@H](C)CC)[C@H](C[C@@H](OC(C)=O)c1nc(C(=O)N[C@@H](Cc2ccc(O)cc2)C[C@H](C)C(N)=O)cs1)C(C)C. The molecule has 1 aliphatic heterocycles. The highest BCUT2D eigenvalue weighted by molar-refractivity contribution is 7.09. The minimum atomic E-state index is -0.992. The fourth-order valence-electron chi connectivity index (χ4n) is 7.09. The molecule has 7 atom stereocenters. The number of phenolic OH excluding ortho intramolecular Hbond substituents is 1. The number of rotatable bonds is 22. The summed E-state index contributed by atoms with van der Waals surface area (Å²) in [5.74, 6) is -3.70. The van der Waals surface area contributed by atoms with Gasteiger partial charge >= 0.3 is 11.9 Å². The highest BCUT2D eigenvalue weighted by atomic mass is 32.1. The molecule has 58 heavy (non-hydrogen) atoms. The third-order valence-electron chi connectivity index (χ3n) is 10.8. The minimum absolute atomic E-state index is 0.0506. The van der Waals surface area contributed by atoms with Crippen molar-refractivity contribution < 1.29 is 43.3 Å². The van der Waals surface area contributed by atoms with Crippen molar-refractivity contribution in [2.45, 2.75) is 137 Å². The van der Waals surface area contributed by atoms with E-state index in [-0.39, 0.29) is 61.2 Å². The molecular formula is C42H64N6O9S. The van der Waals surface area contributed by atoms with Gasteiger partial charge in [0.25, 0.3) is 5.91 Å². The quantitative estimate of drug-likeness (QED) is 0.0930. The van der Waals surface area contributed by atoms with Gasteiger partial charge in [-0.25, -0.2) is 4.98 Å². The zero-order chi connectivity index (χ0) is 43.1. The number of ether oxygens (including phenoxy) is 2. The maximum Gasteiger partial charge on any atom is 0.307 e. The molecule has 3 rings (SSSR count). The van der Waals surface area contributed by atoms with Crippen molar-refractivity contribution in [1.29, 1.82) is 0 Å². The summed E-state index contributed by atoms with van der Waals surface area (Å²) in [6.07, 6.45) is 3.55. The summed E-state index contributed by atoms with van der Waals surface area (Å²) in [5, 5.41) is 17.6. The van der Waals surface area contributed by atoms with E-state index >= 15 is 0 Å². The summed E-state index contributed by atoms with van der Waals surface area (Å²) in [4.78, 5) is 87.4. The van der Waals surface area contributed by atoms with E-state index in [2.05, 4.69) is 15.6 Å². The van der Waals surface area contributed by atoms with Gasteiger partial charge in [-0.1, -0.05) is 66.5 Å². The molecule has 1 aromatic carbocycles. The van der Waals surface area contributed by atoms with E-state index in [1.54, 1.807) is 36.6 Å². The normalized spacial score (nSPS) is 17.6. The van der Waals surface area contributed by atoms with Crippen molar-refractivity contribution in [1.82, 2.24) is 25.4 Å². The van der Waals surface area contributed by atoms with Gasteiger partial charge < -0.3 is 35.8 Å². The Morgan fingerprint density at radius 2 is 1.72 bits per heavy atom.